The van der Waals surface area contributed by atoms with E-state index in [-0.39, 0.29) is 34.8 Å². The van der Waals surface area contributed by atoms with Crippen molar-refractivity contribution < 1.29 is 51.6 Å². The van der Waals surface area contributed by atoms with Crippen LogP contribution in [-0.4, -0.2) is 76.9 Å². The van der Waals surface area contributed by atoms with Crippen LogP contribution in [0.5, 0.6) is 5.75 Å². The van der Waals surface area contributed by atoms with Gasteiger partial charge in [0.25, 0.3) is 5.60 Å². The minimum absolute atomic E-state index is 0.00651. The maximum absolute atomic E-state index is 15.2. The molecule has 2 aromatic rings. The van der Waals surface area contributed by atoms with Crippen molar-refractivity contribution in [3.05, 3.63) is 35.1 Å². The minimum atomic E-state index is -4.95. The Morgan fingerprint density at radius 3 is 2.39 bits per heavy atom. The first kappa shape index (κ1) is 28.9. The highest BCUT2D eigenvalue weighted by Gasteiger charge is 2.49. The maximum Gasteiger partial charge on any atom is 0.573 e. The van der Waals surface area contributed by atoms with Crippen molar-refractivity contribution in [1.29, 1.82) is 0 Å². The van der Waals surface area contributed by atoms with E-state index in [1.807, 2.05) is 0 Å². The van der Waals surface area contributed by atoms with Gasteiger partial charge in [-0.15, -0.1) is 13.2 Å². The number of nitrogens with two attached hydrogens (primary N) is 1. The summed E-state index contributed by atoms with van der Waals surface area (Å²) in [6.45, 7) is -0.708. The number of nitrogens with zero attached hydrogens (tertiary/aromatic N) is 3. The summed E-state index contributed by atoms with van der Waals surface area (Å²) in [5, 5.41) is 22.0. The molecular weight excluding hydrogens is 546 g/mol. The summed E-state index contributed by atoms with van der Waals surface area (Å²) in [5.41, 5.74) is 3.19. The monoisotopic (exact) mass is 567 g/mol. The third-order valence-corrected chi connectivity index (χ3v) is 5.70. The number of fused-ring (bicyclic) bond motifs is 1. The average Bonchev–Trinajstić information content (AvgIpc) is 3.24. The fraction of sp³-hybridized carbons (Fsp3) is 0.429. The molecule has 1 aromatic carbocycles. The quantitative estimate of drug-likeness (QED) is 0.128. The topological polar surface area (TPSA) is 169 Å². The maximum atomic E-state index is 15.2. The van der Waals surface area contributed by atoms with Gasteiger partial charge in [-0.3, -0.25) is 0 Å². The molecule has 2 unspecified atom stereocenters. The fourth-order valence-corrected chi connectivity index (χ4v) is 3.78. The van der Waals surface area contributed by atoms with Gasteiger partial charge in [-0.25, -0.2) is 14.0 Å². The summed E-state index contributed by atoms with van der Waals surface area (Å²) in [5.74, 6) is -4.25. The van der Waals surface area contributed by atoms with Gasteiger partial charge in [-0.05, 0) is 29.3 Å². The second-order valence-corrected chi connectivity index (χ2v) is 8.36. The van der Waals surface area contributed by atoms with Gasteiger partial charge in [0.2, 0.25) is 5.28 Å². The molecule has 2 heterocycles. The molecule has 0 aliphatic carbocycles. The molecule has 0 fully saturated rings. The first-order chi connectivity index (χ1) is 17.8. The van der Waals surface area contributed by atoms with Crippen LogP contribution in [0.1, 0.15) is 12.0 Å². The minimum Gasteiger partial charge on any atom is -0.479 e. The number of rotatable bonds is 12. The van der Waals surface area contributed by atoms with Crippen LogP contribution in [-0.2, 0) is 25.5 Å². The van der Waals surface area contributed by atoms with Crippen molar-refractivity contribution in [2.75, 3.05) is 36.3 Å². The van der Waals surface area contributed by atoms with Gasteiger partial charge in [-0.2, -0.15) is 9.97 Å². The van der Waals surface area contributed by atoms with Crippen LogP contribution < -0.4 is 20.7 Å². The van der Waals surface area contributed by atoms with E-state index in [4.69, 9.17) is 26.8 Å². The van der Waals surface area contributed by atoms with Crippen molar-refractivity contribution in [3.8, 4) is 5.75 Å². The van der Waals surface area contributed by atoms with E-state index in [1.165, 1.54) is 7.11 Å². The number of hydrogen-bond donors (Lipinski definition) is 4. The number of halogens is 5. The normalized spacial score (nSPS) is 14.9. The Morgan fingerprint density at radius 1 is 1.21 bits per heavy atom. The van der Waals surface area contributed by atoms with Crippen molar-refractivity contribution in [3.63, 3.8) is 0 Å². The zero-order valence-corrected chi connectivity index (χ0v) is 20.3. The van der Waals surface area contributed by atoms with Gasteiger partial charge < -0.3 is 40.4 Å². The molecule has 1 aliphatic heterocycles. The van der Waals surface area contributed by atoms with Gasteiger partial charge in [-0.1, -0.05) is 12.1 Å². The van der Waals surface area contributed by atoms with E-state index in [9.17, 15) is 33.0 Å². The Balaban J connectivity index is 1.72. The number of anilines is 3. The Kier molecular flexibility index (Phi) is 8.68. The lowest BCUT2D eigenvalue weighted by atomic mass is 9.94. The summed E-state index contributed by atoms with van der Waals surface area (Å²) in [6.07, 6.45) is -9.01. The van der Waals surface area contributed by atoms with E-state index in [0.717, 1.165) is 29.2 Å². The Morgan fingerprint density at radius 2 is 1.84 bits per heavy atom. The molecule has 5 N–H and O–H groups in total. The second-order valence-electron chi connectivity index (χ2n) is 8.03. The van der Waals surface area contributed by atoms with E-state index in [1.54, 1.807) is 0 Å². The number of nitrogen functional groups attached to an aromatic ring is 1. The summed E-state index contributed by atoms with van der Waals surface area (Å²) < 4.78 is 66.5. The number of carboxylic acid groups (broad SMARTS) is 2. The van der Waals surface area contributed by atoms with Gasteiger partial charge in [0.15, 0.2) is 17.9 Å². The molecule has 0 saturated carbocycles. The summed E-state index contributed by atoms with van der Waals surface area (Å²) >= 11 is 5.80. The van der Waals surface area contributed by atoms with E-state index in [2.05, 4.69) is 20.0 Å². The van der Waals surface area contributed by atoms with Gasteiger partial charge in [0.05, 0.1) is 19.4 Å². The van der Waals surface area contributed by atoms with Crippen LogP contribution >= 0.6 is 11.6 Å². The molecule has 0 bridgehead atoms. The van der Waals surface area contributed by atoms with Crippen molar-refractivity contribution in [2.45, 2.75) is 37.2 Å². The lowest BCUT2D eigenvalue weighted by Gasteiger charge is -2.29. The molecule has 3 rings (SSSR count). The second kappa shape index (κ2) is 11.4. The van der Waals surface area contributed by atoms with E-state index >= 15 is 4.39 Å². The summed E-state index contributed by atoms with van der Waals surface area (Å²) in [4.78, 5) is 32.9. The van der Waals surface area contributed by atoms with Crippen LogP contribution in [0.3, 0.4) is 0 Å². The van der Waals surface area contributed by atoms with Gasteiger partial charge in [0, 0.05) is 20.0 Å². The van der Waals surface area contributed by atoms with E-state index < -0.39 is 61.5 Å². The molecule has 0 saturated heterocycles. The van der Waals surface area contributed by atoms with Crippen molar-refractivity contribution >= 4 is 40.9 Å². The highest BCUT2D eigenvalue weighted by atomic mass is 35.5. The number of ether oxygens (including phenoxy) is 3. The molecular formula is C21H22ClF4N5O7. The molecule has 2 atom stereocenters. The van der Waals surface area contributed by atoms with Crippen LogP contribution in [0.25, 0.3) is 0 Å². The number of alkyl halides is 4. The molecule has 17 heteroatoms. The number of benzene rings is 1. The molecule has 0 radical (unpaired) electrons. The Hall–Kier alpha value is -3.63. The zero-order valence-electron chi connectivity index (χ0n) is 19.5. The Labute approximate surface area is 217 Å². The highest BCUT2D eigenvalue weighted by Crippen LogP contribution is 2.36. The molecule has 0 amide bonds. The molecule has 12 nitrogen and oxygen atoms in total. The van der Waals surface area contributed by atoms with Crippen molar-refractivity contribution in [1.82, 2.24) is 9.97 Å². The molecule has 208 valence electrons. The lowest BCUT2D eigenvalue weighted by molar-refractivity contribution is -0.274. The zero-order chi connectivity index (χ0) is 28.3. The number of aromatic nitrogens is 2. The SMILES string of the molecule is COC(COC(Cc1ccc(OC(F)(F)F)cc1)(C(=O)O)C(=O)O)CC(F)N1CNc2c(N)nc(Cl)nc21. The van der Waals surface area contributed by atoms with Crippen LogP contribution in [0.2, 0.25) is 5.28 Å². The number of aliphatic carboxylic acids is 2. The lowest BCUT2D eigenvalue weighted by Crippen LogP contribution is -2.52. The predicted molar refractivity (Wildman–Crippen MR) is 124 cm³/mol. The van der Waals surface area contributed by atoms with Crippen LogP contribution in [0.4, 0.5) is 34.9 Å². The largest absolute Gasteiger partial charge is 0.573 e. The standard InChI is InChI=1S/C21H22ClF4N5O7/c1-36-12(6-13(23)31-9-28-14-15(27)29-19(22)30-16(14)31)8-37-20(17(32)33,18(34)35)7-10-2-4-11(5-3-10)38-21(24,25)26/h2-5,12-13,28H,6-9H2,1H3,(H,32,33)(H,34,35)(H2,27,29,30). The number of hydrogen-bond acceptors (Lipinski definition) is 10. The third kappa shape index (κ3) is 6.62. The average molecular weight is 568 g/mol. The van der Waals surface area contributed by atoms with Gasteiger partial charge >= 0.3 is 18.3 Å². The number of methoxy groups -OCH3 is 1. The van der Waals surface area contributed by atoms with Crippen LogP contribution in [0.15, 0.2) is 24.3 Å². The van der Waals surface area contributed by atoms with Gasteiger partial charge in [0.1, 0.15) is 11.4 Å². The smallest absolute Gasteiger partial charge is 0.479 e. The van der Waals surface area contributed by atoms with Crippen LogP contribution in [0, 0.1) is 0 Å². The third-order valence-electron chi connectivity index (χ3n) is 5.53. The summed E-state index contributed by atoms with van der Waals surface area (Å²) in [6, 6.07) is 3.92. The Bertz CT molecular complexity index is 1160. The molecule has 1 aliphatic rings. The highest BCUT2D eigenvalue weighted by molar-refractivity contribution is 6.28. The molecule has 0 spiro atoms. The summed E-state index contributed by atoms with van der Waals surface area (Å²) in [7, 11) is 1.19. The number of nitrogens with one attached hydrogen (secondary N) is 1. The van der Waals surface area contributed by atoms with E-state index in [0.29, 0.717) is 0 Å². The number of carbonyl (C=O) groups is 2. The first-order valence-corrected chi connectivity index (χ1v) is 11.1. The van der Waals surface area contributed by atoms with Crippen molar-refractivity contribution in [2.24, 2.45) is 0 Å². The number of carboxylic acids is 2. The first-order valence-electron chi connectivity index (χ1n) is 10.7. The fourth-order valence-electron chi connectivity index (χ4n) is 3.61. The molecule has 38 heavy (non-hydrogen) atoms. The molecule has 1 aromatic heterocycles. The predicted octanol–water partition coefficient (Wildman–Crippen LogP) is 2.67.